The zero-order valence-corrected chi connectivity index (χ0v) is 19.2. The van der Waals surface area contributed by atoms with E-state index in [1.165, 1.54) is 18.4 Å². The van der Waals surface area contributed by atoms with Gasteiger partial charge in [0.25, 0.3) is 0 Å². The first-order chi connectivity index (χ1) is 15.0. The number of rotatable bonds is 8. The predicted molar refractivity (Wildman–Crippen MR) is 127 cm³/mol. The lowest BCUT2D eigenvalue weighted by molar-refractivity contribution is 0.321. The minimum absolute atomic E-state index is 0.237. The number of fused-ring (bicyclic) bond motifs is 1. The fraction of sp³-hybridized carbons (Fsp3) is 0.400. The molecule has 1 aromatic carbocycles. The average Bonchev–Trinajstić information content (AvgIpc) is 3.38. The fourth-order valence-corrected chi connectivity index (χ4v) is 3.99. The maximum Gasteiger partial charge on any atom is 0.159 e. The summed E-state index contributed by atoms with van der Waals surface area (Å²) in [6, 6.07) is 11.2. The first-order valence-electron chi connectivity index (χ1n) is 11.1. The van der Waals surface area contributed by atoms with Crippen LogP contribution in [-0.4, -0.2) is 43.0 Å². The summed E-state index contributed by atoms with van der Waals surface area (Å²) in [7, 11) is 4.13. The molecular formula is C25H32N6. The first kappa shape index (κ1) is 21.2. The predicted octanol–water partition coefficient (Wildman–Crippen LogP) is 5.31. The molecule has 0 amide bonds. The van der Waals surface area contributed by atoms with E-state index in [2.05, 4.69) is 73.2 Å². The van der Waals surface area contributed by atoms with E-state index in [0.717, 1.165) is 46.5 Å². The molecule has 0 N–H and O–H groups in total. The summed E-state index contributed by atoms with van der Waals surface area (Å²) in [5, 5.41) is 10.1. The Hall–Kier alpha value is -2.99. The van der Waals surface area contributed by atoms with Gasteiger partial charge in [-0.15, -0.1) is 0 Å². The molecule has 3 heterocycles. The van der Waals surface area contributed by atoms with Crippen molar-refractivity contribution in [3.05, 3.63) is 54.5 Å². The summed E-state index contributed by atoms with van der Waals surface area (Å²) < 4.78 is 3.84. The average molecular weight is 417 g/mol. The number of hydrogen-bond acceptors (Lipinski definition) is 4. The van der Waals surface area contributed by atoms with Gasteiger partial charge < -0.3 is 4.90 Å². The number of pyridine rings is 1. The molecule has 0 bridgehead atoms. The van der Waals surface area contributed by atoms with Crippen molar-refractivity contribution in [1.29, 1.82) is 0 Å². The van der Waals surface area contributed by atoms with Crippen molar-refractivity contribution in [3.8, 4) is 22.4 Å². The highest BCUT2D eigenvalue weighted by Crippen LogP contribution is 2.33. The molecule has 0 atom stereocenters. The molecule has 162 valence electrons. The van der Waals surface area contributed by atoms with Crippen molar-refractivity contribution >= 4 is 11.0 Å². The molecule has 4 rings (SSSR count). The van der Waals surface area contributed by atoms with Gasteiger partial charge in [-0.3, -0.25) is 4.68 Å². The van der Waals surface area contributed by atoms with Crippen molar-refractivity contribution in [2.24, 2.45) is 7.05 Å². The maximum atomic E-state index is 5.05. The lowest BCUT2D eigenvalue weighted by atomic mass is 10.0. The van der Waals surface area contributed by atoms with Crippen LogP contribution in [0.2, 0.25) is 0 Å². The largest absolute Gasteiger partial charge is 0.302 e. The second-order valence-electron chi connectivity index (χ2n) is 8.67. The Morgan fingerprint density at radius 2 is 1.90 bits per heavy atom. The van der Waals surface area contributed by atoms with Crippen LogP contribution in [0.3, 0.4) is 0 Å². The molecule has 0 aliphatic heterocycles. The van der Waals surface area contributed by atoms with Crippen LogP contribution in [0.15, 0.2) is 48.9 Å². The van der Waals surface area contributed by atoms with E-state index < -0.39 is 0 Å². The minimum atomic E-state index is 0.237. The van der Waals surface area contributed by atoms with Crippen molar-refractivity contribution in [3.63, 3.8) is 0 Å². The van der Waals surface area contributed by atoms with Crippen LogP contribution in [0.1, 0.15) is 45.2 Å². The van der Waals surface area contributed by atoms with Gasteiger partial charge in [-0.2, -0.15) is 10.2 Å². The van der Waals surface area contributed by atoms with Gasteiger partial charge in [0.05, 0.1) is 18.1 Å². The van der Waals surface area contributed by atoms with Crippen LogP contribution in [-0.2, 0) is 13.6 Å². The topological polar surface area (TPSA) is 51.8 Å². The Morgan fingerprint density at radius 3 is 2.61 bits per heavy atom. The lowest BCUT2D eigenvalue weighted by Gasteiger charge is -2.17. The quantitative estimate of drug-likeness (QED) is 0.390. The van der Waals surface area contributed by atoms with Gasteiger partial charge >= 0.3 is 0 Å². The Balaban J connectivity index is 1.79. The summed E-state index contributed by atoms with van der Waals surface area (Å²) in [6.07, 6.45) is 8.32. The standard InChI is InChI=1S/C25H32N6/c1-6-7-11-29(4)16-19-9-8-10-20(12-19)24-13-22(21-14-26-30(5)17-21)23-15-27-31(18(2)3)25(23)28-24/h8-10,12-15,17-18H,6-7,11,16H2,1-5H3. The molecule has 0 radical (unpaired) electrons. The summed E-state index contributed by atoms with van der Waals surface area (Å²) in [5.74, 6) is 0. The molecule has 31 heavy (non-hydrogen) atoms. The Morgan fingerprint density at radius 1 is 1.06 bits per heavy atom. The lowest BCUT2D eigenvalue weighted by Crippen LogP contribution is -2.18. The minimum Gasteiger partial charge on any atom is -0.302 e. The van der Waals surface area contributed by atoms with Crippen LogP contribution in [0.4, 0.5) is 0 Å². The molecule has 6 nitrogen and oxygen atoms in total. The van der Waals surface area contributed by atoms with E-state index in [1.54, 1.807) is 0 Å². The maximum absolute atomic E-state index is 5.05. The summed E-state index contributed by atoms with van der Waals surface area (Å²) in [4.78, 5) is 7.43. The van der Waals surface area contributed by atoms with Gasteiger partial charge in [0.2, 0.25) is 0 Å². The number of unbranched alkanes of at least 4 members (excludes halogenated alkanes) is 1. The fourth-order valence-electron chi connectivity index (χ4n) is 3.99. The van der Waals surface area contributed by atoms with E-state index in [-0.39, 0.29) is 6.04 Å². The van der Waals surface area contributed by atoms with Gasteiger partial charge in [0.1, 0.15) is 0 Å². The van der Waals surface area contributed by atoms with E-state index >= 15 is 0 Å². The third-order valence-corrected chi connectivity index (χ3v) is 5.64. The van der Waals surface area contributed by atoms with Gasteiger partial charge in [-0.25, -0.2) is 9.67 Å². The van der Waals surface area contributed by atoms with Gasteiger partial charge in [0, 0.05) is 42.3 Å². The highest BCUT2D eigenvalue weighted by Gasteiger charge is 2.16. The normalized spacial score (nSPS) is 11.8. The van der Waals surface area contributed by atoms with Crippen molar-refractivity contribution in [1.82, 2.24) is 29.4 Å². The molecule has 0 spiro atoms. The molecule has 0 saturated carbocycles. The van der Waals surface area contributed by atoms with Crippen molar-refractivity contribution in [2.45, 2.75) is 46.2 Å². The highest BCUT2D eigenvalue weighted by molar-refractivity contribution is 5.94. The Kier molecular flexibility index (Phi) is 6.18. The van der Waals surface area contributed by atoms with Gasteiger partial charge in [0.15, 0.2) is 5.65 Å². The molecule has 0 aliphatic carbocycles. The SMILES string of the molecule is CCCCN(C)Cc1cccc(-c2cc(-c3cnn(C)c3)c3cnn(C(C)C)c3n2)c1. The number of aryl methyl sites for hydroxylation is 1. The Bertz CT molecular complexity index is 1170. The van der Waals surface area contributed by atoms with Crippen molar-refractivity contribution < 1.29 is 0 Å². The summed E-state index contributed by atoms with van der Waals surface area (Å²) >= 11 is 0. The van der Waals surface area contributed by atoms with E-state index in [0.29, 0.717) is 0 Å². The monoisotopic (exact) mass is 416 g/mol. The van der Waals surface area contributed by atoms with Crippen LogP contribution < -0.4 is 0 Å². The van der Waals surface area contributed by atoms with Gasteiger partial charge in [-0.1, -0.05) is 31.5 Å². The number of hydrogen-bond donors (Lipinski definition) is 0. The molecule has 0 unspecified atom stereocenters. The van der Waals surface area contributed by atoms with E-state index in [4.69, 9.17) is 4.98 Å². The van der Waals surface area contributed by atoms with Crippen LogP contribution >= 0.6 is 0 Å². The molecule has 0 fully saturated rings. The number of nitrogens with zero attached hydrogens (tertiary/aromatic N) is 6. The molecule has 4 aromatic rings. The summed E-state index contributed by atoms with van der Waals surface area (Å²) in [5.41, 5.74) is 6.51. The van der Waals surface area contributed by atoms with Crippen LogP contribution in [0.5, 0.6) is 0 Å². The number of benzene rings is 1. The second-order valence-corrected chi connectivity index (χ2v) is 8.67. The van der Waals surface area contributed by atoms with Crippen LogP contribution in [0, 0.1) is 0 Å². The van der Waals surface area contributed by atoms with E-state index in [1.807, 2.05) is 35.0 Å². The van der Waals surface area contributed by atoms with Crippen LogP contribution in [0.25, 0.3) is 33.4 Å². The molecule has 0 saturated heterocycles. The van der Waals surface area contributed by atoms with E-state index in [9.17, 15) is 0 Å². The zero-order valence-electron chi connectivity index (χ0n) is 19.2. The third kappa shape index (κ3) is 4.54. The Labute approximate surface area is 184 Å². The van der Waals surface area contributed by atoms with Gasteiger partial charge in [-0.05, 0) is 57.1 Å². The molecule has 6 heteroatoms. The highest BCUT2D eigenvalue weighted by atomic mass is 15.3. The number of aromatic nitrogens is 5. The summed E-state index contributed by atoms with van der Waals surface area (Å²) in [6.45, 7) is 8.56. The molecule has 0 aliphatic rings. The second kappa shape index (κ2) is 9.02. The molecule has 3 aromatic heterocycles. The third-order valence-electron chi connectivity index (χ3n) is 5.64. The molecular weight excluding hydrogens is 384 g/mol. The first-order valence-corrected chi connectivity index (χ1v) is 11.1. The smallest absolute Gasteiger partial charge is 0.159 e. The zero-order chi connectivity index (χ0) is 22.0. The van der Waals surface area contributed by atoms with Crippen molar-refractivity contribution in [2.75, 3.05) is 13.6 Å².